The van der Waals surface area contributed by atoms with Gasteiger partial charge in [-0.05, 0) is 12.1 Å². The summed E-state index contributed by atoms with van der Waals surface area (Å²) in [6.07, 6.45) is 1.86. The van der Waals surface area contributed by atoms with Gasteiger partial charge in [0.15, 0.2) is 0 Å². The summed E-state index contributed by atoms with van der Waals surface area (Å²) in [4.78, 5) is 6.04. The molecule has 1 atom stereocenters. The van der Waals surface area contributed by atoms with Gasteiger partial charge in [0.1, 0.15) is 11.8 Å². The number of hydrogen-bond acceptors (Lipinski definition) is 5. The van der Waals surface area contributed by atoms with E-state index in [9.17, 15) is 0 Å². The standard InChI is InChI=1S/C12H16N4O/c1-16(9-12-8-14-4-5-17-12)11-2-3-15-10(6-11)7-13/h2-3,6,12,14H,4-5,8-9H2,1H3. The third-order valence-corrected chi connectivity index (χ3v) is 2.78. The first-order chi connectivity index (χ1) is 8.29. The molecule has 1 aliphatic heterocycles. The van der Waals surface area contributed by atoms with Crippen molar-refractivity contribution >= 4 is 5.69 Å². The highest BCUT2D eigenvalue weighted by Crippen LogP contribution is 2.13. The summed E-state index contributed by atoms with van der Waals surface area (Å²) in [5.41, 5.74) is 1.43. The fourth-order valence-corrected chi connectivity index (χ4v) is 1.87. The Bertz CT molecular complexity index is 409. The normalized spacial score (nSPS) is 19.6. The van der Waals surface area contributed by atoms with Crippen LogP contribution in [0.1, 0.15) is 5.69 Å². The SMILES string of the molecule is CN(CC1CNCCO1)c1ccnc(C#N)c1. The summed E-state index contributed by atoms with van der Waals surface area (Å²) < 4.78 is 5.64. The molecule has 2 rings (SSSR count). The van der Waals surface area contributed by atoms with Gasteiger partial charge in [-0.1, -0.05) is 0 Å². The van der Waals surface area contributed by atoms with Crippen molar-refractivity contribution in [2.75, 3.05) is 38.2 Å². The van der Waals surface area contributed by atoms with Crippen molar-refractivity contribution in [3.05, 3.63) is 24.0 Å². The number of ether oxygens (including phenoxy) is 1. The summed E-state index contributed by atoms with van der Waals surface area (Å²) in [5.74, 6) is 0. The zero-order valence-electron chi connectivity index (χ0n) is 9.89. The Labute approximate surface area is 101 Å². The van der Waals surface area contributed by atoms with Crippen molar-refractivity contribution in [3.8, 4) is 6.07 Å². The molecule has 0 aromatic carbocycles. The molecule has 2 heterocycles. The Morgan fingerprint density at radius 2 is 2.59 bits per heavy atom. The molecule has 90 valence electrons. The van der Waals surface area contributed by atoms with Gasteiger partial charge in [-0.3, -0.25) is 0 Å². The van der Waals surface area contributed by atoms with E-state index in [1.165, 1.54) is 0 Å². The molecule has 1 saturated heterocycles. The van der Waals surface area contributed by atoms with Crippen molar-refractivity contribution < 1.29 is 4.74 Å². The molecule has 1 fully saturated rings. The van der Waals surface area contributed by atoms with E-state index in [1.807, 2.05) is 19.2 Å². The maximum Gasteiger partial charge on any atom is 0.142 e. The van der Waals surface area contributed by atoms with E-state index in [0.29, 0.717) is 5.69 Å². The molecule has 1 N–H and O–H groups in total. The van der Waals surface area contributed by atoms with Crippen LogP contribution >= 0.6 is 0 Å². The molecule has 1 aromatic rings. The van der Waals surface area contributed by atoms with Crippen molar-refractivity contribution in [2.45, 2.75) is 6.10 Å². The van der Waals surface area contributed by atoms with Crippen LogP contribution in [0, 0.1) is 11.3 Å². The number of anilines is 1. The van der Waals surface area contributed by atoms with E-state index in [-0.39, 0.29) is 6.10 Å². The number of likely N-dealkylation sites (N-methyl/N-ethyl adjacent to an activating group) is 1. The largest absolute Gasteiger partial charge is 0.374 e. The van der Waals surface area contributed by atoms with Crippen molar-refractivity contribution in [2.24, 2.45) is 0 Å². The molecule has 0 bridgehead atoms. The maximum atomic E-state index is 8.80. The molecule has 1 unspecified atom stereocenters. The van der Waals surface area contributed by atoms with Gasteiger partial charge in [0.25, 0.3) is 0 Å². The lowest BCUT2D eigenvalue weighted by molar-refractivity contribution is 0.0340. The van der Waals surface area contributed by atoms with Crippen molar-refractivity contribution in [1.29, 1.82) is 5.26 Å². The van der Waals surface area contributed by atoms with Crippen molar-refractivity contribution in [3.63, 3.8) is 0 Å². The van der Waals surface area contributed by atoms with Crippen LogP contribution < -0.4 is 10.2 Å². The van der Waals surface area contributed by atoms with Crippen LogP contribution in [0.5, 0.6) is 0 Å². The minimum Gasteiger partial charge on any atom is -0.374 e. The Balaban J connectivity index is 1.98. The Hall–Kier alpha value is -1.64. The predicted molar refractivity (Wildman–Crippen MR) is 64.8 cm³/mol. The van der Waals surface area contributed by atoms with Gasteiger partial charge in [-0.2, -0.15) is 5.26 Å². The number of nitrogens with one attached hydrogen (secondary N) is 1. The Morgan fingerprint density at radius 1 is 1.71 bits per heavy atom. The van der Waals surface area contributed by atoms with Gasteiger partial charge >= 0.3 is 0 Å². The molecule has 5 nitrogen and oxygen atoms in total. The van der Waals surface area contributed by atoms with Crippen LogP contribution in [0.4, 0.5) is 5.69 Å². The molecule has 0 radical (unpaired) electrons. The molecule has 1 aromatic heterocycles. The summed E-state index contributed by atoms with van der Waals surface area (Å²) in [6, 6.07) is 5.73. The number of aromatic nitrogens is 1. The zero-order valence-corrected chi connectivity index (χ0v) is 9.89. The van der Waals surface area contributed by atoms with E-state index in [2.05, 4.69) is 15.2 Å². The lowest BCUT2D eigenvalue weighted by atomic mass is 10.2. The first-order valence-electron chi connectivity index (χ1n) is 5.69. The molecule has 1 aliphatic rings. The van der Waals surface area contributed by atoms with Crippen LogP contribution in [0.15, 0.2) is 18.3 Å². The minimum absolute atomic E-state index is 0.201. The average molecular weight is 232 g/mol. The third kappa shape index (κ3) is 3.16. The number of pyridine rings is 1. The summed E-state index contributed by atoms with van der Waals surface area (Å²) in [6.45, 7) is 3.37. The average Bonchev–Trinajstić information content (AvgIpc) is 2.40. The summed E-state index contributed by atoms with van der Waals surface area (Å²) in [5, 5.41) is 12.1. The zero-order chi connectivity index (χ0) is 12.1. The lowest BCUT2D eigenvalue weighted by Crippen LogP contribution is -2.44. The highest BCUT2D eigenvalue weighted by atomic mass is 16.5. The van der Waals surface area contributed by atoms with Gasteiger partial charge in [-0.25, -0.2) is 4.98 Å². The third-order valence-electron chi connectivity index (χ3n) is 2.78. The fourth-order valence-electron chi connectivity index (χ4n) is 1.87. The smallest absolute Gasteiger partial charge is 0.142 e. The Kier molecular flexibility index (Phi) is 3.91. The predicted octanol–water partition coefficient (Wildman–Crippen LogP) is 0.378. The second kappa shape index (κ2) is 5.62. The van der Waals surface area contributed by atoms with Crippen LogP contribution in [0.3, 0.4) is 0 Å². The van der Waals surface area contributed by atoms with E-state index in [4.69, 9.17) is 10.00 Å². The first kappa shape index (κ1) is 11.8. The summed E-state index contributed by atoms with van der Waals surface area (Å²) >= 11 is 0. The maximum absolute atomic E-state index is 8.80. The van der Waals surface area contributed by atoms with Crippen LogP contribution in [0.2, 0.25) is 0 Å². The molecule has 0 spiro atoms. The van der Waals surface area contributed by atoms with Gasteiger partial charge in [0.2, 0.25) is 0 Å². The second-order valence-electron chi connectivity index (χ2n) is 4.09. The highest BCUT2D eigenvalue weighted by molar-refractivity contribution is 5.48. The van der Waals surface area contributed by atoms with Gasteiger partial charge < -0.3 is 15.0 Å². The number of rotatable bonds is 3. The van der Waals surface area contributed by atoms with E-state index < -0.39 is 0 Å². The second-order valence-corrected chi connectivity index (χ2v) is 4.09. The highest BCUT2D eigenvalue weighted by Gasteiger charge is 2.15. The molecule has 0 aliphatic carbocycles. The van der Waals surface area contributed by atoms with Crippen LogP contribution in [-0.4, -0.2) is 44.4 Å². The van der Waals surface area contributed by atoms with E-state index in [0.717, 1.165) is 31.9 Å². The number of hydrogen-bond donors (Lipinski definition) is 1. The number of morpholine rings is 1. The van der Waals surface area contributed by atoms with Crippen molar-refractivity contribution in [1.82, 2.24) is 10.3 Å². The molecule has 0 amide bonds. The van der Waals surface area contributed by atoms with E-state index in [1.54, 1.807) is 12.3 Å². The summed E-state index contributed by atoms with van der Waals surface area (Å²) in [7, 11) is 1.99. The van der Waals surface area contributed by atoms with Gasteiger partial charge in [-0.15, -0.1) is 0 Å². The van der Waals surface area contributed by atoms with Gasteiger partial charge in [0.05, 0.1) is 12.7 Å². The molecular weight excluding hydrogens is 216 g/mol. The minimum atomic E-state index is 0.201. The fraction of sp³-hybridized carbons (Fsp3) is 0.500. The Morgan fingerprint density at radius 3 is 3.29 bits per heavy atom. The first-order valence-corrected chi connectivity index (χ1v) is 5.69. The lowest BCUT2D eigenvalue weighted by Gasteiger charge is -2.29. The quantitative estimate of drug-likeness (QED) is 0.816. The van der Waals surface area contributed by atoms with Crippen LogP contribution in [0.25, 0.3) is 0 Å². The van der Waals surface area contributed by atoms with Crippen LogP contribution in [-0.2, 0) is 4.74 Å². The molecule has 5 heteroatoms. The van der Waals surface area contributed by atoms with E-state index >= 15 is 0 Å². The molecule has 17 heavy (non-hydrogen) atoms. The van der Waals surface area contributed by atoms with Gasteiger partial charge in [0, 0.05) is 38.6 Å². The number of nitrogens with zero attached hydrogens (tertiary/aromatic N) is 3. The monoisotopic (exact) mass is 232 g/mol. The molecular formula is C12H16N4O. The number of nitriles is 1. The topological polar surface area (TPSA) is 61.2 Å². The molecule has 0 saturated carbocycles.